The number of nitrogens with one attached hydrogen (secondary N) is 1. The Morgan fingerprint density at radius 3 is 2.15 bits per heavy atom. The van der Waals surface area contributed by atoms with Gasteiger partial charge in [-0.1, -0.05) is 13.8 Å². The van der Waals surface area contributed by atoms with Gasteiger partial charge in [0.2, 0.25) is 0 Å². The smallest absolute Gasteiger partial charge is 0.00758 e. The van der Waals surface area contributed by atoms with Crippen molar-refractivity contribution in [3.05, 3.63) is 0 Å². The molecule has 1 aliphatic rings. The van der Waals surface area contributed by atoms with Crippen molar-refractivity contribution in [1.82, 2.24) is 5.32 Å². The van der Waals surface area contributed by atoms with Crippen LogP contribution in [0, 0.1) is 5.92 Å². The van der Waals surface area contributed by atoms with E-state index >= 15 is 0 Å². The van der Waals surface area contributed by atoms with Crippen LogP contribution in [0.25, 0.3) is 0 Å². The minimum absolute atomic E-state index is 0.219. The first-order valence-electron chi connectivity index (χ1n) is 5.41. The second kappa shape index (κ2) is 4.70. The van der Waals surface area contributed by atoms with Gasteiger partial charge in [0.05, 0.1) is 0 Å². The molecule has 78 valence electrons. The maximum Gasteiger partial charge on any atom is 0.00758 e. The van der Waals surface area contributed by atoms with Crippen molar-refractivity contribution in [2.45, 2.75) is 56.7 Å². The van der Waals surface area contributed by atoms with Crippen molar-refractivity contribution in [2.24, 2.45) is 5.92 Å². The van der Waals surface area contributed by atoms with Crippen LogP contribution in [0.4, 0.5) is 0 Å². The van der Waals surface area contributed by atoms with E-state index in [1.807, 2.05) is 0 Å². The molecule has 0 spiro atoms. The lowest BCUT2D eigenvalue weighted by atomic mass is 9.81. The Hall–Kier alpha value is 0.310. The minimum atomic E-state index is 0.219. The van der Waals surface area contributed by atoms with Crippen LogP contribution in [-0.4, -0.2) is 17.8 Å². The fraction of sp³-hybridized carbons (Fsp3) is 1.00. The first-order valence-corrected chi connectivity index (χ1v) is 5.85. The summed E-state index contributed by atoms with van der Waals surface area (Å²) in [4.78, 5) is 0. The maximum absolute atomic E-state index is 4.59. The Morgan fingerprint density at radius 2 is 1.77 bits per heavy atom. The summed E-state index contributed by atoms with van der Waals surface area (Å²) >= 11 is 4.59. The van der Waals surface area contributed by atoms with Gasteiger partial charge < -0.3 is 5.32 Å². The van der Waals surface area contributed by atoms with Crippen molar-refractivity contribution < 1.29 is 0 Å². The normalized spacial score (nSPS) is 30.5. The van der Waals surface area contributed by atoms with E-state index in [1.165, 1.54) is 32.1 Å². The summed E-state index contributed by atoms with van der Waals surface area (Å²) in [5, 5.41) is 3.37. The predicted molar refractivity (Wildman–Crippen MR) is 62.5 cm³/mol. The van der Waals surface area contributed by atoms with E-state index < -0.39 is 0 Å². The van der Waals surface area contributed by atoms with Gasteiger partial charge in [0, 0.05) is 10.8 Å². The topological polar surface area (TPSA) is 12.0 Å². The van der Waals surface area contributed by atoms with Crippen LogP contribution in [0.3, 0.4) is 0 Å². The molecule has 0 aromatic heterocycles. The molecule has 1 N–H and O–H groups in total. The van der Waals surface area contributed by atoms with Crippen molar-refractivity contribution >= 4 is 12.6 Å². The molecule has 1 nitrogen and oxygen atoms in total. The Morgan fingerprint density at radius 1 is 1.23 bits per heavy atom. The van der Waals surface area contributed by atoms with Crippen molar-refractivity contribution in [2.75, 3.05) is 7.05 Å². The standard InChI is InChI=1S/C11H23NS/c1-11(2,13)8-9-4-6-10(12-3)7-5-9/h9-10,12-13H,4-8H2,1-3H3/t9-,10+. The van der Waals surface area contributed by atoms with E-state index in [1.54, 1.807) is 0 Å². The molecule has 0 aliphatic heterocycles. The third-order valence-corrected chi connectivity index (χ3v) is 3.23. The van der Waals surface area contributed by atoms with Gasteiger partial charge in [-0.25, -0.2) is 0 Å². The largest absolute Gasteiger partial charge is 0.317 e. The Kier molecular flexibility index (Phi) is 4.11. The molecule has 2 heteroatoms. The molecule has 0 unspecified atom stereocenters. The highest BCUT2D eigenvalue weighted by molar-refractivity contribution is 7.81. The van der Waals surface area contributed by atoms with E-state index in [0.717, 1.165) is 12.0 Å². The summed E-state index contributed by atoms with van der Waals surface area (Å²) in [6.45, 7) is 4.44. The maximum atomic E-state index is 4.59. The highest BCUT2D eigenvalue weighted by Gasteiger charge is 2.24. The Balaban J connectivity index is 2.25. The van der Waals surface area contributed by atoms with Gasteiger partial charge in [0.1, 0.15) is 0 Å². The van der Waals surface area contributed by atoms with Gasteiger partial charge in [0.25, 0.3) is 0 Å². The first-order chi connectivity index (χ1) is 6.01. The number of hydrogen-bond acceptors (Lipinski definition) is 2. The average Bonchev–Trinajstić information content (AvgIpc) is 2.03. The zero-order chi connectivity index (χ0) is 9.90. The lowest BCUT2D eigenvalue weighted by molar-refractivity contribution is 0.275. The molecule has 0 radical (unpaired) electrons. The van der Waals surface area contributed by atoms with Crippen LogP contribution in [0.2, 0.25) is 0 Å². The van der Waals surface area contributed by atoms with Gasteiger partial charge >= 0.3 is 0 Å². The fourth-order valence-corrected chi connectivity index (χ4v) is 2.62. The predicted octanol–water partition coefficient (Wildman–Crippen LogP) is 2.86. The highest BCUT2D eigenvalue weighted by atomic mass is 32.1. The van der Waals surface area contributed by atoms with Gasteiger partial charge in [-0.05, 0) is 45.1 Å². The summed E-state index contributed by atoms with van der Waals surface area (Å²) in [6, 6.07) is 0.777. The lowest BCUT2D eigenvalue weighted by Crippen LogP contribution is -2.31. The lowest BCUT2D eigenvalue weighted by Gasteiger charge is -2.32. The highest BCUT2D eigenvalue weighted by Crippen LogP contribution is 2.32. The van der Waals surface area contributed by atoms with Gasteiger partial charge in [0.15, 0.2) is 0 Å². The van der Waals surface area contributed by atoms with Crippen LogP contribution in [-0.2, 0) is 0 Å². The van der Waals surface area contributed by atoms with E-state index in [0.29, 0.717) is 0 Å². The second-order valence-electron chi connectivity index (χ2n) is 5.02. The first kappa shape index (κ1) is 11.4. The summed E-state index contributed by atoms with van der Waals surface area (Å²) in [6.07, 6.45) is 6.74. The summed E-state index contributed by atoms with van der Waals surface area (Å²) in [5.41, 5.74) is 0. The Labute approximate surface area is 88.1 Å². The third-order valence-electron chi connectivity index (χ3n) is 3.04. The molecule has 1 fully saturated rings. The molecule has 0 aromatic carbocycles. The summed E-state index contributed by atoms with van der Waals surface area (Å²) < 4.78 is 0.219. The Bertz CT molecular complexity index is 143. The molecule has 1 aliphatic carbocycles. The van der Waals surface area contributed by atoms with E-state index in [4.69, 9.17) is 0 Å². The third kappa shape index (κ3) is 4.37. The molecule has 0 atom stereocenters. The van der Waals surface area contributed by atoms with E-state index in [9.17, 15) is 0 Å². The quantitative estimate of drug-likeness (QED) is 0.669. The van der Waals surface area contributed by atoms with E-state index in [2.05, 4.69) is 38.8 Å². The molecular weight excluding hydrogens is 178 g/mol. The van der Waals surface area contributed by atoms with Crippen LogP contribution in [0.5, 0.6) is 0 Å². The number of rotatable bonds is 3. The minimum Gasteiger partial charge on any atom is -0.317 e. The van der Waals surface area contributed by atoms with Crippen LogP contribution in [0.1, 0.15) is 46.0 Å². The van der Waals surface area contributed by atoms with Crippen LogP contribution in [0.15, 0.2) is 0 Å². The van der Waals surface area contributed by atoms with E-state index in [-0.39, 0.29) is 4.75 Å². The van der Waals surface area contributed by atoms with Gasteiger partial charge in [-0.15, -0.1) is 0 Å². The fourth-order valence-electron chi connectivity index (χ4n) is 2.36. The SMILES string of the molecule is CN[C@H]1CC[C@@H](CC(C)(C)S)CC1. The van der Waals surface area contributed by atoms with Crippen LogP contribution < -0.4 is 5.32 Å². The molecule has 0 aromatic rings. The molecular formula is C11H23NS. The molecule has 1 saturated carbocycles. The van der Waals surface area contributed by atoms with Crippen molar-refractivity contribution in [3.8, 4) is 0 Å². The van der Waals surface area contributed by atoms with Gasteiger partial charge in [-0.2, -0.15) is 12.6 Å². The molecule has 0 bridgehead atoms. The zero-order valence-electron chi connectivity index (χ0n) is 9.14. The monoisotopic (exact) mass is 201 g/mol. The summed E-state index contributed by atoms with van der Waals surface area (Å²) in [7, 11) is 2.08. The zero-order valence-corrected chi connectivity index (χ0v) is 10.0. The van der Waals surface area contributed by atoms with Crippen molar-refractivity contribution in [3.63, 3.8) is 0 Å². The molecule has 13 heavy (non-hydrogen) atoms. The second-order valence-corrected chi connectivity index (χ2v) is 6.23. The van der Waals surface area contributed by atoms with Crippen LogP contribution >= 0.6 is 12.6 Å². The molecule has 0 amide bonds. The molecule has 0 saturated heterocycles. The number of thiol groups is 1. The van der Waals surface area contributed by atoms with Gasteiger partial charge in [-0.3, -0.25) is 0 Å². The average molecular weight is 201 g/mol. The summed E-state index contributed by atoms with van der Waals surface area (Å²) in [5.74, 6) is 0.914. The molecule has 0 heterocycles. The van der Waals surface area contributed by atoms with Crippen molar-refractivity contribution in [1.29, 1.82) is 0 Å². The number of hydrogen-bond donors (Lipinski definition) is 2. The molecule has 1 rings (SSSR count).